The fraction of sp³-hybridized carbons (Fsp3) is 0. The van der Waals surface area contributed by atoms with Gasteiger partial charge in [-0.25, -0.2) is 0 Å². The summed E-state index contributed by atoms with van der Waals surface area (Å²) in [5.74, 6) is -0.0995. The predicted molar refractivity (Wildman–Crippen MR) is 55.2 cm³/mol. The highest BCUT2D eigenvalue weighted by Crippen LogP contribution is 1.93. The van der Waals surface area contributed by atoms with Crippen LogP contribution in [0.15, 0.2) is 59.4 Å². The minimum Gasteiger partial charge on any atom is -0.495 e. The van der Waals surface area contributed by atoms with Crippen LogP contribution >= 0.6 is 0 Å². The average Bonchev–Trinajstić information content (AvgIpc) is 2.21. The molecule has 0 radical (unpaired) electrons. The molecule has 1 aromatic carbocycles. The maximum absolute atomic E-state index is 10.3. The van der Waals surface area contributed by atoms with Gasteiger partial charge in [-0.1, -0.05) is 42.5 Å². The molecule has 0 aliphatic rings. The molecule has 1 heterocycles. The number of aromatic amines is 1. The predicted octanol–water partition coefficient (Wildman–Crippen LogP) is 1.77. The second kappa shape index (κ2) is 5.59. The van der Waals surface area contributed by atoms with Crippen molar-refractivity contribution in [2.45, 2.75) is 0 Å². The highest BCUT2D eigenvalue weighted by molar-refractivity contribution is 5.06. The minimum atomic E-state index is -0.287. The molecular formula is C11H11NO2. The highest BCUT2D eigenvalue weighted by atomic mass is 16.3. The molecule has 0 aliphatic carbocycles. The molecule has 0 saturated heterocycles. The van der Waals surface area contributed by atoms with E-state index in [1.54, 1.807) is 0 Å². The van der Waals surface area contributed by atoms with Crippen molar-refractivity contribution in [3.05, 3.63) is 65.0 Å². The average molecular weight is 189 g/mol. The van der Waals surface area contributed by atoms with E-state index in [0.717, 1.165) is 0 Å². The lowest BCUT2D eigenvalue weighted by atomic mass is 10.4. The van der Waals surface area contributed by atoms with Crippen molar-refractivity contribution in [1.82, 2.24) is 4.98 Å². The highest BCUT2D eigenvalue weighted by Gasteiger charge is 1.81. The van der Waals surface area contributed by atoms with Gasteiger partial charge in [-0.05, 0) is 6.07 Å². The van der Waals surface area contributed by atoms with Gasteiger partial charge >= 0.3 is 0 Å². The Kier molecular flexibility index (Phi) is 4.01. The van der Waals surface area contributed by atoms with Gasteiger partial charge in [-0.3, -0.25) is 9.78 Å². The van der Waals surface area contributed by atoms with Crippen LogP contribution in [0.1, 0.15) is 0 Å². The largest absolute Gasteiger partial charge is 0.495 e. The molecule has 14 heavy (non-hydrogen) atoms. The fourth-order valence-electron chi connectivity index (χ4n) is 0.821. The summed E-state index contributed by atoms with van der Waals surface area (Å²) in [6.07, 6.45) is 0. The van der Waals surface area contributed by atoms with Crippen molar-refractivity contribution in [2.24, 2.45) is 0 Å². The second-order valence-corrected chi connectivity index (χ2v) is 2.55. The van der Waals surface area contributed by atoms with E-state index in [4.69, 9.17) is 5.11 Å². The van der Waals surface area contributed by atoms with E-state index in [1.807, 2.05) is 36.4 Å². The maximum Gasteiger partial charge on any atom is 0.250 e. The van der Waals surface area contributed by atoms with Crippen LogP contribution in [0, 0.1) is 0 Å². The maximum atomic E-state index is 10.3. The Morgan fingerprint density at radius 2 is 1.36 bits per heavy atom. The standard InChI is InChI=1S/C6H6.C5H5NO2/c1-2-4-6-5-3-1;7-4-2-1-3-5(8)6-4/h1-6H;1-3H,(H2,6,7,8). The first-order valence-corrected chi connectivity index (χ1v) is 4.17. The van der Waals surface area contributed by atoms with Crippen LogP contribution in [0.5, 0.6) is 5.88 Å². The first-order chi connectivity index (χ1) is 6.79. The topological polar surface area (TPSA) is 53.1 Å². The van der Waals surface area contributed by atoms with Crippen LogP contribution < -0.4 is 5.56 Å². The number of hydrogen-bond donors (Lipinski definition) is 2. The van der Waals surface area contributed by atoms with Gasteiger partial charge in [0, 0.05) is 6.07 Å². The summed E-state index contributed by atoms with van der Waals surface area (Å²) in [5.41, 5.74) is -0.287. The van der Waals surface area contributed by atoms with Crippen LogP contribution in [0.25, 0.3) is 0 Å². The van der Waals surface area contributed by atoms with Gasteiger partial charge in [0.05, 0.1) is 0 Å². The first-order valence-electron chi connectivity index (χ1n) is 4.17. The molecule has 0 saturated carbocycles. The van der Waals surface area contributed by atoms with Crippen LogP contribution in [-0.4, -0.2) is 10.1 Å². The number of benzene rings is 1. The lowest BCUT2D eigenvalue weighted by Crippen LogP contribution is -2.00. The van der Waals surface area contributed by atoms with Crippen molar-refractivity contribution >= 4 is 0 Å². The summed E-state index contributed by atoms with van der Waals surface area (Å²) in [7, 11) is 0. The number of hydrogen-bond acceptors (Lipinski definition) is 2. The zero-order valence-corrected chi connectivity index (χ0v) is 7.55. The van der Waals surface area contributed by atoms with E-state index in [1.165, 1.54) is 18.2 Å². The van der Waals surface area contributed by atoms with E-state index in [0.29, 0.717) is 0 Å². The normalized spacial score (nSPS) is 8.57. The summed E-state index contributed by atoms with van der Waals surface area (Å²) in [4.78, 5) is 12.4. The Morgan fingerprint density at radius 3 is 1.64 bits per heavy atom. The number of pyridine rings is 1. The number of aromatic nitrogens is 1. The Labute approximate surface area is 81.7 Å². The van der Waals surface area contributed by atoms with Crippen molar-refractivity contribution in [3.63, 3.8) is 0 Å². The smallest absolute Gasteiger partial charge is 0.250 e. The van der Waals surface area contributed by atoms with E-state index >= 15 is 0 Å². The van der Waals surface area contributed by atoms with Crippen molar-refractivity contribution < 1.29 is 5.11 Å². The fourth-order valence-corrected chi connectivity index (χ4v) is 0.821. The van der Waals surface area contributed by atoms with E-state index in [-0.39, 0.29) is 11.4 Å². The third-order valence-electron chi connectivity index (χ3n) is 1.42. The lowest BCUT2D eigenvalue weighted by Gasteiger charge is -1.84. The van der Waals surface area contributed by atoms with Gasteiger partial charge in [-0.15, -0.1) is 0 Å². The van der Waals surface area contributed by atoms with Gasteiger partial charge in [0.25, 0.3) is 5.56 Å². The van der Waals surface area contributed by atoms with Gasteiger partial charge < -0.3 is 5.11 Å². The molecule has 0 fully saturated rings. The van der Waals surface area contributed by atoms with Crippen molar-refractivity contribution in [1.29, 1.82) is 0 Å². The molecule has 2 aromatic rings. The van der Waals surface area contributed by atoms with Crippen molar-refractivity contribution in [3.8, 4) is 5.88 Å². The molecule has 72 valence electrons. The van der Waals surface area contributed by atoms with Gasteiger partial charge in [0.1, 0.15) is 0 Å². The molecule has 2 rings (SSSR count). The SMILES string of the molecule is O=c1cccc(O)[nH]1.c1ccccc1. The van der Waals surface area contributed by atoms with Crippen LogP contribution in [0.3, 0.4) is 0 Å². The second-order valence-electron chi connectivity index (χ2n) is 2.55. The third kappa shape index (κ3) is 4.11. The molecule has 3 heteroatoms. The quantitative estimate of drug-likeness (QED) is 0.663. The van der Waals surface area contributed by atoms with E-state index in [9.17, 15) is 4.79 Å². The molecular weight excluding hydrogens is 178 g/mol. The summed E-state index contributed by atoms with van der Waals surface area (Å²) in [6.45, 7) is 0. The van der Waals surface area contributed by atoms with Gasteiger partial charge in [0.2, 0.25) is 0 Å². The number of H-pyrrole nitrogens is 1. The first kappa shape index (κ1) is 10.1. The molecule has 0 atom stereocenters. The Balaban J connectivity index is 0.000000146. The third-order valence-corrected chi connectivity index (χ3v) is 1.42. The molecule has 0 unspecified atom stereocenters. The zero-order valence-electron chi connectivity index (χ0n) is 7.55. The lowest BCUT2D eigenvalue weighted by molar-refractivity contribution is 0.452. The Morgan fingerprint density at radius 1 is 0.857 bits per heavy atom. The van der Waals surface area contributed by atoms with Gasteiger partial charge in [0.15, 0.2) is 5.88 Å². The summed E-state index contributed by atoms with van der Waals surface area (Å²) in [6, 6.07) is 16.2. The molecule has 2 N–H and O–H groups in total. The van der Waals surface area contributed by atoms with Crippen LogP contribution in [-0.2, 0) is 0 Å². The molecule has 0 bridgehead atoms. The summed E-state index contributed by atoms with van der Waals surface area (Å²) < 4.78 is 0. The molecule has 1 aromatic heterocycles. The summed E-state index contributed by atoms with van der Waals surface area (Å²) in [5, 5.41) is 8.56. The Bertz CT molecular complexity index is 382. The number of nitrogens with one attached hydrogen (secondary N) is 1. The molecule has 0 amide bonds. The number of rotatable bonds is 0. The molecule has 0 spiro atoms. The minimum absolute atomic E-state index is 0.0995. The van der Waals surface area contributed by atoms with E-state index in [2.05, 4.69) is 4.98 Å². The number of aromatic hydroxyl groups is 1. The van der Waals surface area contributed by atoms with Crippen LogP contribution in [0.4, 0.5) is 0 Å². The zero-order chi connectivity index (χ0) is 10.2. The van der Waals surface area contributed by atoms with E-state index < -0.39 is 0 Å². The molecule has 3 nitrogen and oxygen atoms in total. The van der Waals surface area contributed by atoms with Gasteiger partial charge in [-0.2, -0.15) is 0 Å². The molecule has 0 aliphatic heterocycles. The summed E-state index contributed by atoms with van der Waals surface area (Å²) >= 11 is 0. The Hall–Kier alpha value is -2.03. The van der Waals surface area contributed by atoms with Crippen molar-refractivity contribution in [2.75, 3.05) is 0 Å². The van der Waals surface area contributed by atoms with Crippen LogP contribution in [0.2, 0.25) is 0 Å². The monoisotopic (exact) mass is 189 g/mol.